The lowest BCUT2D eigenvalue weighted by atomic mass is 10.1. The highest BCUT2D eigenvalue weighted by atomic mass is 32.2. The average molecular weight is 349 g/mol. The molecule has 0 aliphatic heterocycles. The predicted octanol–water partition coefficient (Wildman–Crippen LogP) is 2.86. The number of nitro benzene ring substituents is 1. The van der Waals surface area contributed by atoms with Crippen LogP contribution in [0.15, 0.2) is 42.5 Å². The fourth-order valence-corrected chi connectivity index (χ4v) is 4.11. The van der Waals surface area contributed by atoms with Crippen molar-refractivity contribution < 1.29 is 18.4 Å². The summed E-state index contributed by atoms with van der Waals surface area (Å²) in [7, 11) is -3.57. The van der Waals surface area contributed by atoms with Gasteiger partial charge in [0.2, 0.25) is 0 Å². The molecular weight excluding hydrogens is 330 g/mol. The van der Waals surface area contributed by atoms with Crippen molar-refractivity contribution in [2.75, 3.05) is 5.75 Å². The van der Waals surface area contributed by atoms with Gasteiger partial charge in [-0.05, 0) is 25.0 Å². The van der Waals surface area contributed by atoms with Crippen molar-refractivity contribution >= 4 is 15.5 Å². The quantitative estimate of drug-likeness (QED) is 0.639. The molecule has 2 aromatic carbocycles. The summed E-state index contributed by atoms with van der Waals surface area (Å²) in [6, 6.07) is 10.9. The van der Waals surface area contributed by atoms with E-state index in [4.69, 9.17) is 0 Å². The molecule has 2 aromatic rings. The lowest BCUT2D eigenvalue weighted by molar-refractivity contribution is -0.385. The number of nitro groups is 1. The molecule has 6 nitrogen and oxygen atoms in total. The van der Waals surface area contributed by atoms with Crippen LogP contribution in [0.4, 0.5) is 5.69 Å². The van der Waals surface area contributed by atoms with Gasteiger partial charge in [0, 0.05) is 12.1 Å². The molecule has 1 unspecified atom stereocenters. The summed E-state index contributed by atoms with van der Waals surface area (Å²) in [5.74, 6) is -0.664. The summed E-state index contributed by atoms with van der Waals surface area (Å²) < 4.78 is 24.7. The molecule has 0 spiro atoms. The van der Waals surface area contributed by atoms with Crippen LogP contribution in [0.2, 0.25) is 0 Å². The van der Waals surface area contributed by atoms with Gasteiger partial charge in [0.05, 0.1) is 22.5 Å². The molecule has 0 heterocycles. The van der Waals surface area contributed by atoms with Gasteiger partial charge >= 0.3 is 0 Å². The van der Waals surface area contributed by atoms with Crippen molar-refractivity contribution in [2.45, 2.75) is 25.7 Å². The van der Waals surface area contributed by atoms with Crippen LogP contribution in [0.25, 0.3) is 0 Å². The van der Waals surface area contributed by atoms with Crippen molar-refractivity contribution in [1.82, 2.24) is 0 Å². The Balaban J connectivity index is 2.16. The summed E-state index contributed by atoms with van der Waals surface area (Å²) >= 11 is 0. The summed E-state index contributed by atoms with van der Waals surface area (Å²) in [4.78, 5) is 10.2. The first-order chi connectivity index (χ1) is 11.2. The third kappa shape index (κ3) is 4.87. The zero-order valence-corrected chi connectivity index (χ0v) is 14.3. The number of hydrogen-bond acceptors (Lipinski definition) is 5. The molecule has 0 radical (unpaired) electrons. The second-order valence-electron chi connectivity index (χ2n) is 5.92. The van der Waals surface area contributed by atoms with Crippen LogP contribution in [-0.2, 0) is 15.6 Å². The average Bonchev–Trinajstić information content (AvgIpc) is 2.45. The molecule has 0 aliphatic carbocycles. The summed E-state index contributed by atoms with van der Waals surface area (Å²) in [6.07, 6.45) is -1.30. The molecule has 0 saturated carbocycles. The van der Waals surface area contributed by atoms with E-state index in [2.05, 4.69) is 0 Å². The lowest BCUT2D eigenvalue weighted by Gasteiger charge is -2.12. The van der Waals surface area contributed by atoms with E-state index in [-0.39, 0.29) is 17.0 Å². The van der Waals surface area contributed by atoms with Gasteiger partial charge in [-0.3, -0.25) is 10.1 Å². The maximum Gasteiger partial charge on any atom is 0.269 e. The fraction of sp³-hybridized carbons (Fsp3) is 0.294. The topological polar surface area (TPSA) is 97.5 Å². The number of aryl methyl sites for hydroxylation is 2. The van der Waals surface area contributed by atoms with Gasteiger partial charge in [0.25, 0.3) is 5.69 Å². The molecule has 0 aromatic heterocycles. The Morgan fingerprint density at radius 3 is 2.33 bits per heavy atom. The Labute approximate surface area is 140 Å². The molecule has 128 valence electrons. The molecular formula is C17H19NO5S. The van der Waals surface area contributed by atoms with Crippen LogP contribution in [0.5, 0.6) is 0 Å². The summed E-state index contributed by atoms with van der Waals surface area (Å²) in [5.41, 5.74) is 2.64. The Morgan fingerprint density at radius 2 is 1.75 bits per heavy atom. The number of aliphatic hydroxyl groups excluding tert-OH is 1. The van der Waals surface area contributed by atoms with Gasteiger partial charge < -0.3 is 5.11 Å². The molecule has 1 atom stereocenters. The lowest BCUT2D eigenvalue weighted by Crippen LogP contribution is -2.16. The predicted molar refractivity (Wildman–Crippen MR) is 91.5 cm³/mol. The maximum atomic E-state index is 12.3. The first-order valence-corrected chi connectivity index (χ1v) is 9.18. The summed E-state index contributed by atoms with van der Waals surface area (Å²) in [5, 5.41) is 20.9. The van der Waals surface area contributed by atoms with Crippen LogP contribution < -0.4 is 0 Å². The van der Waals surface area contributed by atoms with E-state index in [0.717, 1.165) is 11.1 Å². The van der Waals surface area contributed by atoms with E-state index in [1.165, 1.54) is 24.3 Å². The minimum absolute atomic E-state index is 0.179. The zero-order chi connectivity index (χ0) is 17.9. The van der Waals surface area contributed by atoms with E-state index in [9.17, 15) is 23.6 Å². The molecule has 0 fully saturated rings. The van der Waals surface area contributed by atoms with Crippen LogP contribution in [0.3, 0.4) is 0 Å². The Kier molecular flexibility index (Phi) is 5.36. The van der Waals surface area contributed by atoms with Gasteiger partial charge in [0.1, 0.15) is 0 Å². The molecule has 24 heavy (non-hydrogen) atoms. The second kappa shape index (κ2) is 7.11. The SMILES string of the molecule is Cc1cc(C)cc(CS(=O)(=O)CC(O)c2cccc([N+](=O)[O-])c2)c1. The van der Waals surface area contributed by atoms with Crippen LogP contribution in [-0.4, -0.2) is 24.2 Å². The van der Waals surface area contributed by atoms with Gasteiger partial charge in [-0.1, -0.05) is 41.5 Å². The molecule has 2 rings (SSSR count). The molecule has 0 amide bonds. The van der Waals surface area contributed by atoms with E-state index in [1.807, 2.05) is 19.9 Å². The third-order valence-corrected chi connectivity index (χ3v) is 5.14. The van der Waals surface area contributed by atoms with E-state index in [0.29, 0.717) is 5.56 Å². The smallest absolute Gasteiger partial charge is 0.269 e. The molecule has 1 N–H and O–H groups in total. The molecule has 7 heteroatoms. The molecule has 0 aliphatic rings. The van der Waals surface area contributed by atoms with Crippen LogP contribution in [0, 0.1) is 24.0 Å². The third-order valence-electron chi connectivity index (χ3n) is 3.55. The van der Waals surface area contributed by atoms with E-state index >= 15 is 0 Å². The Morgan fingerprint density at radius 1 is 1.12 bits per heavy atom. The number of nitrogens with zero attached hydrogens (tertiary/aromatic N) is 1. The van der Waals surface area contributed by atoms with Crippen molar-refractivity contribution in [3.63, 3.8) is 0 Å². The molecule has 0 saturated heterocycles. The monoisotopic (exact) mass is 349 g/mol. The Hall–Kier alpha value is -2.25. The minimum Gasteiger partial charge on any atom is -0.387 e. The largest absolute Gasteiger partial charge is 0.387 e. The molecule has 0 bridgehead atoms. The maximum absolute atomic E-state index is 12.3. The van der Waals surface area contributed by atoms with Crippen molar-refractivity contribution in [3.05, 3.63) is 74.8 Å². The first-order valence-electron chi connectivity index (χ1n) is 7.36. The number of aliphatic hydroxyl groups is 1. The second-order valence-corrected chi connectivity index (χ2v) is 8.03. The number of sulfone groups is 1. The highest BCUT2D eigenvalue weighted by Gasteiger charge is 2.21. The van der Waals surface area contributed by atoms with E-state index < -0.39 is 26.6 Å². The van der Waals surface area contributed by atoms with Crippen LogP contribution >= 0.6 is 0 Å². The number of benzene rings is 2. The number of hydrogen-bond donors (Lipinski definition) is 1. The first kappa shape index (κ1) is 18.1. The van der Waals surface area contributed by atoms with Gasteiger partial charge in [-0.15, -0.1) is 0 Å². The van der Waals surface area contributed by atoms with Crippen LogP contribution in [0.1, 0.15) is 28.4 Å². The minimum atomic E-state index is -3.57. The number of rotatable bonds is 6. The van der Waals surface area contributed by atoms with Crippen molar-refractivity contribution in [2.24, 2.45) is 0 Å². The zero-order valence-electron chi connectivity index (χ0n) is 13.5. The van der Waals surface area contributed by atoms with E-state index in [1.54, 1.807) is 12.1 Å². The Bertz CT molecular complexity index is 841. The number of non-ortho nitro benzene ring substituents is 1. The van der Waals surface area contributed by atoms with Gasteiger partial charge in [0.15, 0.2) is 9.84 Å². The van der Waals surface area contributed by atoms with Crippen molar-refractivity contribution in [1.29, 1.82) is 0 Å². The summed E-state index contributed by atoms with van der Waals surface area (Å²) in [6.45, 7) is 3.78. The standard InChI is InChI=1S/C17H19NO5S/c1-12-6-13(2)8-14(7-12)10-24(22,23)11-17(19)15-4-3-5-16(9-15)18(20)21/h3-9,17,19H,10-11H2,1-2H3. The normalized spacial score (nSPS) is 12.8. The fourth-order valence-electron chi connectivity index (χ4n) is 2.65. The highest BCUT2D eigenvalue weighted by Crippen LogP contribution is 2.22. The highest BCUT2D eigenvalue weighted by molar-refractivity contribution is 7.90. The van der Waals surface area contributed by atoms with Crippen molar-refractivity contribution in [3.8, 4) is 0 Å². The van der Waals surface area contributed by atoms with Gasteiger partial charge in [-0.25, -0.2) is 8.42 Å². The van der Waals surface area contributed by atoms with Gasteiger partial charge in [-0.2, -0.15) is 0 Å².